The number of rotatable bonds is 7. The van der Waals surface area contributed by atoms with Crippen LogP contribution in [0.2, 0.25) is 0 Å². The Balaban J connectivity index is 1.88. The molecule has 1 N–H and O–H groups in total. The second kappa shape index (κ2) is 6.18. The smallest absolute Gasteiger partial charge is 0.401 e. The molecule has 1 aliphatic carbocycles. The van der Waals surface area contributed by atoms with Crippen LogP contribution in [0.15, 0.2) is 16.7 Å². The van der Waals surface area contributed by atoms with E-state index >= 15 is 0 Å². The van der Waals surface area contributed by atoms with Gasteiger partial charge in [-0.1, -0.05) is 0 Å². The molecule has 0 unspecified atom stereocenters. The molecule has 3 nitrogen and oxygen atoms in total. The zero-order valence-electron chi connectivity index (χ0n) is 11.8. The van der Waals surface area contributed by atoms with Crippen LogP contribution in [0.1, 0.15) is 38.0 Å². The average Bonchev–Trinajstić information content (AvgIpc) is 3.04. The van der Waals surface area contributed by atoms with Gasteiger partial charge in [-0.15, -0.1) is 0 Å². The fraction of sp³-hybridized carbons (Fsp3) is 0.714. The average molecular weight is 290 g/mol. The van der Waals surface area contributed by atoms with Crippen molar-refractivity contribution < 1.29 is 17.6 Å². The summed E-state index contributed by atoms with van der Waals surface area (Å²) in [6, 6.07) is 2.25. The van der Waals surface area contributed by atoms with Gasteiger partial charge in [0.05, 0.1) is 19.4 Å². The molecule has 1 aromatic heterocycles. The van der Waals surface area contributed by atoms with Crippen LogP contribution in [0.5, 0.6) is 0 Å². The van der Waals surface area contributed by atoms with Crippen LogP contribution in [-0.4, -0.2) is 29.7 Å². The fourth-order valence-electron chi connectivity index (χ4n) is 2.00. The molecule has 0 saturated heterocycles. The van der Waals surface area contributed by atoms with E-state index < -0.39 is 12.7 Å². The maximum atomic E-state index is 12.5. The number of nitrogens with zero attached hydrogens (tertiary/aromatic N) is 1. The zero-order valence-corrected chi connectivity index (χ0v) is 11.8. The summed E-state index contributed by atoms with van der Waals surface area (Å²) in [5.74, 6) is 0.579. The van der Waals surface area contributed by atoms with E-state index in [0.29, 0.717) is 11.8 Å². The molecule has 1 heterocycles. The lowest BCUT2D eigenvalue weighted by molar-refractivity contribution is -0.151. The first kappa shape index (κ1) is 15.4. The minimum absolute atomic E-state index is 0.181. The monoisotopic (exact) mass is 290 g/mol. The molecule has 114 valence electrons. The Labute approximate surface area is 117 Å². The molecule has 0 aliphatic heterocycles. The predicted octanol–water partition coefficient (Wildman–Crippen LogP) is 3.30. The van der Waals surface area contributed by atoms with Crippen LogP contribution in [0.3, 0.4) is 0 Å². The Kier molecular flexibility index (Phi) is 4.75. The van der Waals surface area contributed by atoms with Crippen LogP contribution in [-0.2, 0) is 13.1 Å². The summed E-state index contributed by atoms with van der Waals surface area (Å²) in [6.45, 7) is 3.49. The van der Waals surface area contributed by atoms with Crippen LogP contribution in [0.25, 0.3) is 0 Å². The molecule has 1 fully saturated rings. The van der Waals surface area contributed by atoms with Gasteiger partial charge in [-0.25, -0.2) is 0 Å². The van der Waals surface area contributed by atoms with Gasteiger partial charge in [0, 0.05) is 24.2 Å². The van der Waals surface area contributed by atoms with E-state index in [2.05, 4.69) is 5.32 Å². The molecule has 1 saturated carbocycles. The summed E-state index contributed by atoms with van der Waals surface area (Å²) in [7, 11) is 0. The normalized spacial score (nSPS) is 16.4. The summed E-state index contributed by atoms with van der Waals surface area (Å²) in [5.41, 5.74) is 0.989. The number of hydrogen-bond acceptors (Lipinski definition) is 3. The maximum absolute atomic E-state index is 12.5. The van der Waals surface area contributed by atoms with Gasteiger partial charge in [-0.05, 0) is 32.8 Å². The van der Waals surface area contributed by atoms with Crippen LogP contribution >= 0.6 is 0 Å². The van der Waals surface area contributed by atoms with Crippen molar-refractivity contribution in [3.63, 3.8) is 0 Å². The van der Waals surface area contributed by atoms with E-state index in [0.717, 1.165) is 12.1 Å². The molecule has 0 amide bonds. The Bertz CT molecular complexity index is 424. The molecule has 2 rings (SSSR count). The van der Waals surface area contributed by atoms with Crippen LogP contribution in [0.4, 0.5) is 13.2 Å². The first-order chi connectivity index (χ1) is 9.33. The molecule has 0 aromatic carbocycles. The number of hydrogen-bond donors (Lipinski definition) is 1. The molecule has 0 spiro atoms. The van der Waals surface area contributed by atoms with Crippen molar-refractivity contribution >= 4 is 0 Å². The van der Waals surface area contributed by atoms with E-state index in [4.69, 9.17) is 4.42 Å². The number of halogens is 3. The summed E-state index contributed by atoms with van der Waals surface area (Å²) < 4.78 is 42.9. The van der Waals surface area contributed by atoms with E-state index in [9.17, 15) is 13.2 Å². The van der Waals surface area contributed by atoms with Crippen molar-refractivity contribution in [1.29, 1.82) is 0 Å². The second-order valence-corrected chi connectivity index (χ2v) is 5.69. The van der Waals surface area contributed by atoms with Crippen molar-refractivity contribution in [3.8, 4) is 0 Å². The first-order valence-electron chi connectivity index (χ1n) is 6.94. The fourth-order valence-corrected chi connectivity index (χ4v) is 2.00. The molecule has 1 aliphatic rings. The van der Waals surface area contributed by atoms with E-state index in [1.807, 2.05) is 6.07 Å². The Morgan fingerprint density at radius 1 is 1.40 bits per heavy atom. The lowest BCUT2D eigenvalue weighted by Gasteiger charge is -2.26. The Hall–Kier alpha value is -1.01. The van der Waals surface area contributed by atoms with Gasteiger partial charge in [0.1, 0.15) is 5.76 Å². The lowest BCUT2D eigenvalue weighted by Crippen LogP contribution is -2.38. The lowest BCUT2D eigenvalue weighted by atomic mass is 10.2. The zero-order chi connectivity index (χ0) is 14.8. The summed E-state index contributed by atoms with van der Waals surface area (Å²) in [5, 5.41) is 3.35. The Morgan fingerprint density at radius 2 is 2.10 bits per heavy atom. The summed E-state index contributed by atoms with van der Waals surface area (Å²) in [6.07, 6.45) is -0.154. The number of alkyl halides is 3. The number of furan rings is 1. The third-order valence-electron chi connectivity index (χ3n) is 3.35. The highest BCUT2D eigenvalue weighted by Gasteiger charge is 2.32. The third-order valence-corrected chi connectivity index (χ3v) is 3.35. The summed E-state index contributed by atoms with van der Waals surface area (Å²) in [4.78, 5) is 1.36. The first-order valence-corrected chi connectivity index (χ1v) is 6.94. The van der Waals surface area contributed by atoms with Gasteiger partial charge >= 0.3 is 6.18 Å². The van der Waals surface area contributed by atoms with Gasteiger partial charge in [-0.3, -0.25) is 4.90 Å². The SMILES string of the molecule is CC(C)N(Cc1cc(CNC2CC2)co1)CC(F)(F)F. The molecule has 1 aromatic rings. The second-order valence-electron chi connectivity index (χ2n) is 5.69. The summed E-state index contributed by atoms with van der Waals surface area (Å²) >= 11 is 0. The quantitative estimate of drug-likeness (QED) is 0.835. The third kappa shape index (κ3) is 5.17. The topological polar surface area (TPSA) is 28.4 Å². The van der Waals surface area contributed by atoms with E-state index in [-0.39, 0.29) is 12.6 Å². The highest BCUT2D eigenvalue weighted by atomic mass is 19.4. The van der Waals surface area contributed by atoms with Crippen molar-refractivity contribution in [2.45, 2.75) is 58.0 Å². The molecule has 0 bridgehead atoms. The molecule has 6 heteroatoms. The van der Waals surface area contributed by atoms with Gasteiger partial charge in [-0.2, -0.15) is 13.2 Å². The minimum atomic E-state index is -4.19. The molecular formula is C14H21F3N2O. The molecule has 20 heavy (non-hydrogen) atoms. The van der Waals surface area contributed by atoms with E-state index in [1.165, 1.54) is 17.7 Å². The van der Waals surface area contributed by atoms with Crippen LogP contribution < -0.4 is 5.32 Å². The van der Waals surface area contributed by atoms with Crippen molar-refractivity contribution in [3.05, 3.63) is 23.7 Å². The largest absolute Gasteiger partial charge is 0.468 e. The van der Waals surface area contributed by atoms with Crippen LogP contribution in [0, 0.1) is 0 Å². The Morgan fingerprint density at radius 3 is 2.65 bits per heavy atom. The van der Waals surface area contributed by atoms with Gasteiger partial charge in [0.15, 0.2) is 0 Å². The highest BCUT2D eigenvalue weighted by molar-refractivity contribution is 5.13. The van der Waals surface area contributed by atoms with Crippen molar-refractivity contribution in [2.75, 3.05) is 6.54 Å². The van der Waals surface area contributed by atoms with Gasteiger partial charge < -0.3 is 9.73 Å². The molecule has 0 atom stereocenters. The minimum Gasteiger partial charge on any atom is -0.468 e. The molecular weight excluding hydrogens is 269 g/mol. The predicted molar refractivity (Wildman–Crippen MR) is 70.2 cm³/mol. The van der Waals surface area contributed by atoms with Crippen molar-refractivity contribution in [2.24, 2.45) is 0 Å². The molecule has 0 radical (unpaired) electrons. The van der Waals surface area contributed by atoms with Gasteiger partial charge in [0.2, 0.25) is 0 Å². The standard InChI is InChI=1S/C14H21F3N2O/c1-10(2)19(9-14(15,16)17)7-13-5-11(8-20-13)6-18-12-3-4-12/h5,8,10,12,18H,3-4,6-7,9H2,1-2H3. The van der Waals surface area contributed by atoms with E-state index in [1.54, 1.807) is 20.1 Å². The number of nitrogens with one attached hydrogen (secondary N) is 1. The van der Waals surface area contributed by atoms with Gasteiger partial charge in [0.25, 0.3) is 0 Å². The highest BCUT2D eigenvalue weighted by Crippen LogP contribution is 2.22. The maximum Gasteiger partial charge on any atom is 0.401 e. The van der Waals surface area contributed by atoms with Crippen molar-refractivity contribution in [1.82, 2.24) is 10.2 Å².